The van der Waals surface area contributed by atoms with Gasteiger partial charge in [0, 0.05) is 23.6 Å². The van der Waals surface area contributed by atoms with Gasteiger partial charge in [0.15, 0.2) is 0 Å². The highest BCUT2D eigenvalue weighted by Crippen LogP contribution is 2.18. The molecule has 0 spiro atoms. The van der Waals surface area contributed by atoms with Crippen LogP contribution in [-0.2, 0) is 0 Å². The fourth-order valence-electron chi connectivity index (χ4n) is 1.78. The molecule has 0 atom stereocenters. The van der Waals surface area contributed by atoms with Crippen LogP contribution < -0.4 is 11.3 Å². The van der Waals surface area contributed by atoms with Gasteiger partial charge >= 0.3 is 0 Å². The van der Waals surface area contributed by atoms with Gasteiger partial charge in [-0.2, -0.15) is 5.10 Å². The van der Waals surface area contributed by atoms with Crippen LogP contribution >= 0.6 is 0 Å². The van der Waals surface area contributed by atoms with Crippen LogP contribution in [0, 0.1) is 0 Å². The zero-order chi connectivity index (χ0) is 13.2. The molecule has 0 radical (unpaired) electrons. The molecule has 3 aromatic rings. The topological polar surface area (TPSA) is 89.6 Å². The number of rotatable bonds is 2. The third kappa shape index (κ3) is 2.11. The van der Waals surface area contributed by atoms with Crippen molar-refractivity contribution < 1.29 is 0 Å². The third-order valence-electron chi connectivity index (χ3n) is 2.80. The lowest BCUT2D eigenvalue weighted by Crippen LogP contribution is -2.13. The minimum absolute atomic E-state index is 0.156. The molecule has 0 unspecified atom stereocenters. The summed E-state index contributed by atoms with van der Waals surface area (Å²) >= 11 is 0. The lowest BCUT2D eigenvalue weighted by atomic mass is 10.1. The summed E-state index contributed by atoms with van der Waals surface area (Å²) in [7, 11) is 0. The highest BCUT2D eigenvalue weighted by molar-refractivity contribution is 5.63. The maximum atomic E-state index is 11.2. The lowest BCUT2D eigenvalue weighted by Gasteiger charge is -2.04. The molecule has 3 N–H and O–H groups in total. The number of hydrogen-bond donors (Lipinski definition) is 2. The Balaban J connectivity index is 1.98. The van der Waals surface area contributed by atoms with Crippen molar-refractivity contribution in [3.63, 3.8) is 0 Å². The summed E-state index contributed by atoms with van der Waals surface area (Å²) in [5, 5.41) is 6.33. The molecule has 0 aliphatic heterocycles. The summed E-state index contributed by atoms with van der Waals surface area (Å²) < 4.78 is 1.90. The van der Waals surface area contributed by atoms with E-state index in [-0.39, 0.29) is 11.2 Å². The van der Waals surface area contributed by atoms with E-state index >= 15 is 0 Å². The van der Waals surface area contributed by atoms with Crippen molar-refractivity contribution in [1.29, 1.82) is 0 Å². The van der Waals surface area contributed by atoms with Gasteiger partial charge in [-0.3, -0.25) is 4.79 Å². The van der Waals surface area contributed by atoms with Crippen molar-refractivity contribution >= 4 is 5.69 Å². The highest BCUT2D eigenvalue weighted by Gasteiger charge is 2.03. The highest BCUT2D eigenvalue weighted by atomic mass is 16.1. The number of aromatic amines is 1. The van der Waals surface area contributed by atoms with Crippen LogP contribution in [0.3, 0.4) is 0 Å². The molecule has 0 bridgehead atoms. The van der Waals surface area contributed by atoms with Gasteiger partial charge in [-0.25, -0.2) is 10.1 Å². The zero-order valence-electron chi connectivity index (χ0n) is 9.95. The Morgan fingerprint density at radius 2 is 2.00 bits per heavy atom. The Morgan fingerprint density at radius 1 is 1.21 bits per heavy atom. The molecule has 0 saturated carbocycles. The van der Waals surface area contributed by atoms with E-state index in [1.165, 1.54) is 0 Å². The number of imidazole rings is 1. The molecule has 0 fully saturated rings. The fraction of sp³-hybridized carbons (Fsp3) is 0. The molecule has 0 aliphatic carbocycles. The number of hydrogen-bond acceptors (Lipinski definition) is 4. The molecule has 2 aromatic heterocycles. The Morgan fingerprint density at radius 3 is 2.63 bits per heavy atom. The number of nitrogens with one attached hydrogen (secondary N) is 1. The molecule has 94 valence electrons. The molecular formula is C13H11N5O. The van der Waals surface area contributed by atoms with Gasteiger partial charge in [0.05, 0.1) is 12.0 Å². The third-order valence-corrected chi connectivity index (χ3v) is 2.80. The van der Waals surface area contributed by atoms with Gasteiger partial charge in [-0.05, 0) is 18.2 Å². The molecule has 3 rings (SSSR count). The van der Waals surface area contributed by atoms with Crippen molar-refractivity contribution in [2.24, 2.45) is 0 Å². The summed E-state index contributed by atoms with van der Waals surface area (Å²) in [4.78, 5) is 15.2. The van der Waals surface area contributed by atoms with Gasteiger partial charge in [0.25, 0.3) is 5.56 Å². The van der Waals surface area contributed by atoms with Crippen LogP contribution in [0.15, 0.2) is 53.8 Å². The summed E-state index contributed by atoms with van der Waals surface area (Å²) in [6.45, 7) is 0. The molecule has 6 nitrogen and oxygen atoms in total. The van der Waals surface area contributed by atoms with Crippen LogP contribution in [0.2, 0.25) is 0 Å². The van der Waals surface area contributed by atoms with Gasteiger partial charge in [0.1, 0.15) is 5.69 Å². The SMILES string of the molecule is Nc1cc(-c2ccc(-n3ccnc3)cc2)n[nH]c1=O. The predicted molar refractivity (Wildman–Crippen MR) is 71.8 cm³/mol. The number of nitrogens with zero attached hydrogens (tertiary/aromatic N) is 3. The van der Waals surface area contributed by atoms with E-state index in [0.29, 0.717) is 5.69 Å². The van der Waals surface area contributed by atoms with E-state index in [9.17, 15) is 4.79 Å². The number of nitrogens with two attached hydrogens (primary N) is 1. The van der Waals surface area contributed by atoms with E-state index in [2.05, 4.69) is 15.2 Å². The van der Waals surface area contributed by atoms with Gasteiger partial charge in [-0.15, -0.1) is 0 Å². The standard InChI is InChI=1S/C13H11N5O/c14-11-7-12(16-17-13(11)19)9-1-3-10(4-2-9)18-6-5-15-8-18/h1-8H,(H2,14,16)(H,17,19). The first-order chi connectivity index (χ1) is 9.24. The van der Waals surface area contributed by atoms with Crippen LogP contribution in [-0.4, -0.2) is 19.7 Å². The second-order valence-corrected chi connectivity index (χ2v) is 4.05. The Hall–Kier alpha value is -2.89. The number of aromatic nitrogens is 4. The minimum atomic E-state index is -0.376. The Labute approximate surface area is 108 Å². The maximum Gasteiger partial charge on any atom is 0.287 e. The smallest absolute Gasteiger partial charge is 0.287 e. The van der Waals surface area contributed by atoms with E-state index in [1.807, 2.05) is 35.0 Å². The number of anilines is 1. The van der Waals surface area contributed by atoms with E-state index in [1.54, 1.807) is 18.6 Å². The molecule has 1 aromatic carbocycles. The minimum Gasteiger partial charge on any atom is -0.394 e. The largest absolute Gasteiger partial charge is 0.394 e. The first-order valence-electron chi connectivity index (χ1n) is 5.68. The fourth-order valence-corrected chi connectivity index (χ4v) is 1.78. The van der Waals surface area contributed by atoms with Crippen LogP contribution in [0.25, 0.3) is 16.9 Å². The Bertz CT molecular complexity index is 743. The maximum absolute atomic E-state index is 11.2. The van der Waals surface area contributed by atoms with Crippen molar-refractivity contribution in [2.75, 3.05) is 5.73 Å². The monoisotopic (exact) mass is 253 g/mol. The molecular weight excluding hydrogens is 242 g/mol. The second kappa shape index (κ2) is 4.41. The summed E-state index contributed by atoms with van der Waals surface area (Å²) in [6.07, 6.45) is 5.31. The first kappa shape index (κ1) is 11.2. The normalized spacial score (nSPS) is 10.5. The van der Waals surface area contributed by atoms with Gasteiger partial charge in [-0.1, -0.05) is 12.1 Å². The van der Waals surface area contributed by atoms with E-state index in [4.69, 9.17) is 5.73 Å². The predicted octanol–water partition coefficient (Wildman–Crippen LogP) is 1.20. The van der Waals surface area contributed by atoms with Crippen molar-refractivity contribution in [3.05, 3.63) is 59.4 Å². The molecule has 0 saturated heterocycles. The van der Waals surface area contributed by atoms with Crippen LogP contribution in [0.1, 0.15) is 0 Å². The van der Waals surface area contributed by atoms with Crippen molar-refractivity contribution in [3.8, 4) is 16.9 Å². The van der Waals surface area contributed by atoms with Gasteiger partial charge < -0.3 is 10.3 Å². The van der Waals surface area contributed by atoms with Gasteiger partial charge in [0.2, 0.25) is 0 Å². The first-order valence-corrected chi connectivity index (χ1v) is 5.68. The lowest BCUT2D eigenvalue weighted by molar-refractivity contribution is 0.999. The summed E-state index contributed by atoms with van der Waals surface area (Å²) in [5.41, 5.74) is 7.86. The average Bonchev–Trinajstić information content (AvgIpc) is 2.96. The number of benzene rings is 1. The average molecular weight is 253 g/mol. The summed E-state index contributed by atoms with van der Waals surface area (Å²) in [6, 6.07) is 9.27. The van der Waals surface area contributed by atoms with Crippen LogP contribution in [0.5, 0.6) is 0 Å². The quantitative estimate of drug-likeness (QED) is 0.718. The van der Waals surface area contributed by atoms with Crippen molar-refractivity contribution in [2.45, 2.75) is 0 Å². The molecule has 19 heavy (non-hydrogen) atoms. The molecule has 6 heteroatoms. The zero-order valence-corrected chi connectivity index (χ0v) is 9.95. The molecule has 0 amide bonds. The van der Waals surface area contributed by atoms with Crippen LogP contribution in [0.4, 0.5) is 5.69 Å². The summed E-state index contributed by atoms with van der Waals surface area (Å²) in [5.74, 6) is 0. The van der Waals surface area contributed by atoms with E-state index < -0.39 is 0 Å². The number of nitrogen functional groups attached to an aromatic ring is 1. The number of H-pyrrole nitrogens is 1. The van der Waals surface area contributed by atoms with E-state index in [0.717, 1.165) is 11.3 Å². The Kier molecular flexibility index (Phi) is 2.60. The second-order valence-electron chi connectivity index (χ2n) is 4.05. The van der Waals surface area contributed by atoms with Crippen molar-refractivity contribution in [1.82, 2.24) is 19.7 Å². The molecule has 0 aliphatic rings. The molecule has 2 heterocycles.